The number of aliphatic carboxylic acids is 1. The zero-order chi connectivity index (χ0) is 24.2. The third kappa shape index (κ3) is 5.23. The molecule has 4 rings (SSSR count). The molecule has 34 heavy (non-hydrogen) atoms. The van der Waals surface area contributed by atoms with Crippen LogP contribution in [0, 0.1) is 0 Å². The number of carboxylic acids is 1. The molecule has 1 aliphatic rings. The Hall–Kier alpha value is -2.97. The molecule has 0 spiro atoms. The number of fused-ring (bicyclic) bond motifs is 1. The molecule has 176 valence electrons. The first-order chi connectivity index (χ1) is 16.4. The fourth-order valence-electron chi connectivity index (χ4n) is 4.00. The Bertz CT molecular complexity index is 1280. The minimum atomic E-state index is -0.934. The molecule has 0 saturated heterocycles. The molecule has 0 fully saturated rings. The summed E-state index contributed by atoms with van der Waals surface area (Å²) >= 11 is 10.1. The van der Waals surface area contributed by atoms with Gasteiger partial charge in [0.1, 0.15) is 16.4 Å². The third-order valence-corrected chi connectivity index (χ3v) is 6.35. The van der Waals surface area contributed by atoms with Crippen LogP contribution in [0.4, 0.5) is 0 Å². The predicted octanol–water partition coefficient (Wildman–Crippen LogP) is 5.98. The number of hydrazone groups is 1. The SMILES string of the molecule is CCOc1cccc2cc(C3CC(c4cccc(Br)c4)=NN3C(=O)CCCC(=O)O)c(Cl)nc12. The van der Waals surface area contributed by atoms with Crippen molar-refractivity contribution in [3.63, 3.8) is 0 Å². The van der Waals surface area contributed by atoms with Gasteiger partial charge in [0.15, 0.2) is 0 Å². The van der Waals surface area contributed by atoms with Crippen molar-refractivity contribution in [1.82, 2.24) is 9.99 Å². The summed E-state index contributed by atoms with van der Waals surface area (Å²) < 4.78 is 6.59. The van der Waals surface area contributed by atoms with Crippen molar-refractivity contribution in [2.45, 2.75) is 38.6 Å². The minimum absolute atomic E-state index is 0.0746. The molecule has 0 saturated carbocycles. The second kappa shape index (κ2) is 10.5. The van der Waals surface area contributed by atoms with E-state index in [4.69, 9.17) is 21.4 Å². The number of aromatic nitrogens is 1. The van der Waals surface area contributed by atoms with Crippen molar-refractivity contribution < 1.29 is 19.4 Å². The number of ether oxygens (including phenoxy) is 1. The van der Waals surface area contributed by atoms with Crippen LogP contribution >= 0.6 is 27.5 Å². The van der Waals surface area contributed by atoms with Gasteiger partial charge >= 0.3 is 5.97 Å². The van der Waals surface area contributed by atoms with Crippen LogP contribution in [0.15, 0.2) is 58.1 Å². The fraction of sp³-hybridized carbons (Fsp3) is 0.280. The molecule has 7 nitrogen and oxygen atoms in total. The molecule has 1 unspecified atom stereocenters. The van der Waals surface area contributed by atoms with Gasteiger partial charge in [-0.3, -0.25) is 9.59 Å². The average molecular weight is 545 g/mol. The first kappa shape index (κ1) is 24.2. The van der Waals surface area contributed by atoms with E-state index in [1.807, 2.05) is 55.5 Å². The zero-order valence-electron chi connectivity index (χ0n) is 18.5. The fourth-order valence-corrected chi connectivity index (χ4v) is 4.67. The number of benzene rings is 2. The van der Waals surface area contributed by atoms with Crippen molar-refractivity contribution in [3.05, 3.63) is 69.3 Å². The molecule has 3 aromatic rings. The van der Waals surface area contributed by atoms with Gasteiger partial charge in [-0.15, -0.1) is 0 Å². The summed E-state index contributed by atoms with van der Waals surface area (Å²) in [5, 5.41) is 16.1. The largest absolute Gasteiger partial charge is 0.492 e. The van der Waals surface area contributed by atoms with Gasteiger partial charge < -0.3 is 9.84 Å². The average Bonchev–Trinajstić information content (AvgIpc) is 3.24. The quantitative estimate of drug-likeness (QED) is 0.352. The van der Waals surface area contributed by atoms with E-state index in [1.165, 1.54) is 5.01 Å². The van der Waals surface area contributed by atoms with E-state index in [0.29, 0.717) is 29.9 Å². The van der Waals surface area contributed by atoms with Crippen LogP contribution in [0.1, 0.15) is 49.8 Å². The van der Waals surface area contributed by atoms with Crippen LogP contribution < -0.4 is 4.74 Å². The lowest BCUT2D eigenvalue weighted by molar-refractivity contribution is -0.137. The van der Waals surface area contributed by atoms with Crippen LogP contribution in [-0.2, 0) is 9.59 Å². The summed E-state index contributed by atoms with van der Waals surface area (Å²) in [6.45, 7) is 2.41. The molecular formula is C25H23BrClN3O4. The third-order valence-electron chi connectivity index (χ3n) is 5.55. The van der Waals surface area contributed by atoms with E-state index < -0.39 is 12.0 Å². The van der Waals surface area contributed by atoms with Crippen molar-refractivity contribution >= 4 is 56.0 Å². The van der Waals surface area contributed by atoms with E-state index in [9.17, 15) is 9.59 Å². The van der Waals surface area contributed by atoms with Gasteiger partial charge in [-0.25, -0.2) is 9.99 Å². The molecule has 1 atom stereocenters. The van der Waals surface area contributed by atoms with E-state index in [-0.39, 0.29) is 30.3 Å². The van der Waals surface area contributed by atoms with Crippen LogP contribution in [0.25, 0.3) is 10.9 Å². The van der Waals surface area contributed by atoms with Gasteiger partial charge in [0.05, 0.1) is 18.4 Å². The Kier molecular flexibility index (Phi) is 7.48. The normalized spacial score (nSPS) is 15.4. The highest BCUT2D eigenvalue weighted by molar-refractivity contribution is 9.10. The number of carbonyl (C=O) groups excluding carboxylic acids is 1. The number of para-hydroxylation sites is 1. The minimum Gasteiger partial charge on any atom is -0.492 e. The molecule has 1 N–H and O–H groups in total. The molecule has 2 heterocycles. The van der Waals surface area contributed by atoms with E-state index >= 15 is 0 Å². The number of hydrogen-bond acceptors (Lipinski definition) is 5. The first-order valence-electron chi connectivity index (χ1n) is 11.0. The second-order valence-electron chi connectivity index (χ2n) is 7.89. The monoisotopic (exact) mass is 543 g/mol. The molecule has 1 aromatic heterocycles. The van der Waals surface area contributed by atoms with E-state index in [0.717, 1.165) is 21.1 Å². The molecule has 2 aromatic carbocycles. The lowest BCUT2D eigenvalue weighted by Gasteiger charge is -2.23. The topological polar surface area (TPSA) is 92.1 Å². The van der Waals surface area contributed by atoms with Crippen molar-refractivity contribution in [2.24, 2.45) is 5.10 Å². The Balaban J connectivity index is 1.72. The van der Waals surface area contributed by atoms with Gasteiger partial charge in [-0.1, -0.05) is 51.8 Å². The maximum absolute atomic E-state index is 13.1. The summed E-state index contributed by atoms with van der Waals surface area (Å²) in [6, 6.07) is 14.8. The molecular weight excluding hydrogens is 522 g/mol. The van der Waals surface area contributed by atoms with E-state index in [2.05, 4.69) is 26.0 Å². The Morgan fingerprint density at radius 2 is 2.00 bits per heavy atom. The van der Waals surface area contributed by atoms with Gasteiger partial charge in [0.2, 0.25) is 5.91 Å². The summed E-state index contributed by atoms with van der Waals surface area (Å²) in [5.41, 5.74) is 2.98. The molecule has 0 bridgehead atoms. The lowest BCUT2D eigenvalue weighted by Crippen LogP contribution is -2.27. The van der Waals surface area contributed by atoms with Crippen LogP contribution in [0.3, 0.4) is 0 Å². The van der Waals surface area contributed by atoms with Gasteiger partial charge in [0.25, 0.3) is 0 Å². The van der Waals surface area contributed by atoms with Crippen molar-refractivity contribution in [3.8, 4) is 5.75 Å². The Morgan fingerprint density at radius 1 is 1.21 bits per heavy atom. The maximum atomic E-state index is 13.1. The van der Waals surface area contributed by atoms with Crippen LogP contribution in [-0.4, -0.2) is 39.3 Å². The molecule has 1 amide bonds. The summed E-state index contributed by atoms with van der Waals surface area (Å²) in [6.07, 6.45) is 0.690. The van der Waals surface area contributed by atoms with E-state index in [1.54, 1.807) is 0 Å². The second-order valence-corrected chi connectivity index (χ2v) is 9.17. The smallest absolute Gasteiger partial charge is 0.303 e. The Labute approximate surface area is 210 Å². The van der Waals surface area contributed by atoms with Crippen LogP contribution in [0.5, 0.6) is 5.75 Å². The number of halogens is 2. The van der Waals surface area contributed by atoms with Crippen LogP contribution in [0.2, 0.25) is 5.15 Å². The molecule has 0 aliphatic carbocycles. The zero-order valence-corrected chi connectivity index (χ0v) is 20.8. The number of carbonyl (C=O) groups is 2. The molecule has 1 aliphatic heterocycles. The predicted molar refractivity (Wildman–Crippen MR) is 134 cm³/mol. The summed E-state index contributed by atoms with van der Waals surface area (Å²) in [5.74, 6) is -0.543. The highest BCUT2D eigenvalue weighted by Crippen LogP contribution is 2.39. The van der Waals surface area contributed by atoms with Crippen molar-refractivity contribution in [2.75, 3.05) is 6.61 Å². The number of amides is 1. The first-order valence-corrected chi connectivity index (χ1v) is 12.1. The number of pyridine rings is 1. The molecule has 9 heteroatoms. The summed E-state index contributed by atoms with van der Waals surface area (Å²) in [4.78, 5) is 28.6. The highest BCUT2D eigenvalue weighted by atomic mass is 79.9. The summed E-state index contributed by atoms with van der Waals surface area (Å²) in [7, 11) is 0. The van der Waals surface area contributed by atoms with Gasteiger partial charge in [-0.05, 0) is 43.2 Å². The standard InChI is InChI=1S/C25H23BrClN3O4/c1-2-34-21-9-4-7-16-13-18(25(27)28-24(16)21)20-14-19(15-6-3-8-17(26)12-15)29-30(20)22(31)10-5-11-23(32)33/h3-4,6-9,12-13,20H,2,5,10-11,14H2,1H3,(H,32,33). The van der Waals surface area contributed by atoms with Gasteiger partial charge in [-0.2, -0.15) is 5.10 Å². The number of rotatable bonds is 8. The molecule has 0 radical (unpaired) electrons. The Morgan fingerprint density at radius 3 is 2.74 bits per heavy atom. The lowest BCUT2D eigenvalue weighted by atomic mass is 9.98. The highest BCUT2D eigenvalue weighted by Gasteiger charge is 2.35. The van der Waals surface area contributed by atoms with Gasteiger partial charge in [0, 0.05) is 34.7 Å². The van der Waals surface area contributed by atoms with Crippen molar-refractivity contribution in [1.29, 1.82) is 0 Å². The number of hydrogen-bond donors (Lipinski definition) is 1. The number of carboxylic acid groups (broad SMARTS) is 1. The number of nitrogens with zero attached hydrogens (tertiary/aromatic N) is 3. The maximum Gasteiger partial charge on any atom is 0.303 e.